The lowest BCUT2D eigenvalue weighted by Crippen LogP contribution is -2.31. The van der Waals surface area contributed by atoms with Crippen LogP contribution in [0.15, 0.2) is 48.5 Å². The van der Waals surface area contributed by atoms with E-state index in [2.05, 4.69) is 11.4 Å². The first-order valence-corrected chi connectivity index (χ1v) is 8.31. The smallest absolute Gasteiger partial charge is 0.228 e. The second-order valence-corrected chi connectivity index (χ2v) is 6.31. The van der Waals surface area contributed by atoms with Crippen molar-refractivity contribution in [2.75, 3.05) is 6.54 Å². The quantitative estimate of drug-likeness (QED) is 0.813. The number of benzene rings is 2. The first-order chi connectivity index (χ1) is 12.1. The van der Waals surface area contributed by atoms with E-state index in [4.69, 9.17) is 5.26 Å². The molecule has 0 bridgehead atoms. The summed E-state index contributed by atoms with van der Waals surface area (Å²) in [6, 6.07) is 19.5. The number of nitriles is 2. The SMILES string of the molecule is CC(C)CC(C(=O)NCC#N)c1cccc(-c2ccccc2)c1C#N. The molecule has 2 aromatic carbocycles. The first-order valence-electron chi connectivity index (χ1n) is 8.31. The fraction of sp³-hybridized carbons (Fsp3) is 0.286. The lowest BCUT2D eigenvalue weighted by atomic mass is 9.84. The molecule has 0 aliphatic carbocycles. The molecule has 1 amide bonds. The van der Waals surface area contributed by atoms with Crippen LogP contribution in [0.4, 0.5) is 0 Å². The van der Waals surface area contributed by atoms with Gasteiger partial charge in [-0.15, -0.1) is 0 Å². The van der Waals surface area contributed by atoms with Crippen molar-refractivity contribution in [1.29, 1.82) is 10.5 Å². The Hall–Kier alpha value is -3.11. The van der Waals surface area contributed by atoms with E-state index >= 15 is 0 Å². The summed E-state index contributed by atoms with van der Waals surface area (Å²) < 4.78 is 0. The third kappa shape index (κ3) is 4.46. The number of rotatable bonds is 6. The largest absolute Gasteiger partial charge is 0.342 e. The van der Waals surface area contributed by atoms with Crippen molar-refractivity contribution >= 4 is 5.91 Å². The minimum absolute atomic E-state index is 0.0340. The molecule has 0 saturated heterocycles. The van der Waals surface area contributed by atoms with Crippen LogP contribution in [0.25, 0.3) is 11.1 Å². The summed E-state index contributed by atoms with van der Waals surface area (Å²) in [5, 5.41) is 21.1. The highest BCUT2D eigenvalue weighted by Gasteiger charge is 2.25. The molecule has 1 unspecified atom stereocenters. The lowest BCUT2D eigenvalue weighted by molar-refractivity contribution is -0.122. The van der Waals surface area contributed by atoms with E-state index in [1.165, 1.54) is 0 Å². The Balaban J connectivity index is 2.53. The number of hydrogen-bond acceptors (Lipinski definition) is 3. The average molecular weight is 331 g/mol. The lowest BCUT2D eigenvalue weighted by Gasteiger charge is -2.21. The summed E-state index contributed by atoms with van der Waals surface area (Å²) in [5.74, 6) is -0.381. The minimum atomic E-state index is -0.452. The maximum Gasteiger partial charge on any atom is 0.228 e. The highest BCUT2D eigenvalue weighted by molar-refractivity contribution is 5.86. The van der Waals surface area contributed by atoms with Gasteiger partial charge in [0.15, 0.2) is 0 Å². The van der Waals surface area contributed by atoms with Gasteiger partial charge < -0.3 is 5.32 Å². The molecule has 2 rings (SSSR count). The number of carbonyl (C=O) groups excluding carboxylic acids is 1. The molecular weight excluding hydrogens is 310 g/mol. The van der Waals surface area contributed by atoms with Crippen molar-refractivity contribution in [3.05, 3.63) is 59.7 Å². The molecule has 0 aliphatic rings. The van der Waals surface area contributed by atoms with Crippen LogP contribution in [0.3, 0.4) is 0 Å². The molecule has 0 saturated carbocycles. The second kappa shape index (κ2) is 8.66. The minimum Gasteiger partial charge on any atom is -0.342 e. The molecule has 0 aromatic heterocycles. The fourth-order valence-electron chi connectivity index (χ4n) is 2.94. The van der Waals surface area contributed by atoms with Gasteiger partial charge >= 0.3 is 0 Å². The van der Waals surface area contributed by atoms with Gasteiger partial charge in [-0.3, -0.25) is 4.79 Å². The first kappa shape index (κ1) is 18.2. The van der Waals surface area contributed by atoms with Gasteiger partial charge in [-0.25, -0.2) is 0 Å². The van der Waals surface area contributed by atoms with E-state index in [9.17, 15) is 10.1 Å². The zero-order valence-corrected chi connectivity index (χ0v) is 14.5. The Kier molecular flexibility index (Phi) is 6.32. The van der Waals surface area contributed by atoms with E-state index in [0.29, 0.717) is 17.5 Å². The molecule has 0 heterocycles. The van der Waals surface area contributed by atoms with E-state index in [1.54, 1.807) is 0 Å². The van der Waals surface area contributed by atoms with Gasteiger partial charge in [-0.1, -0.05) is 62.4 Å². The number of amides is 1. The number of carbonyl (C=O) groups is 1. The van der Waals surface area contributed by atoms with Gasteiger partial charge in [-0.2, -0.15) is 10.5 Å². The molecular formula is C21H21N3O. The predicted molar refractivity (Wildman–Crippen MR) is 97.4 cm³/mol. The van der Waals surface area contributed by atoms with Gasteiger partial charge in [0.05, 0.1) is 17.6 Å². The number of nitrogens with one attached hydrogen (secondary N) is 1. The van der Waals surface area contributed by atoms with Crippen LogP contribution in [-0.2, 0) is 4.79 Å². The topological polar surface area (TPSA) is 76.7 Å². The van der Waals surface area contributed by atoms with Crippen LogP contribution in [0.1, 0.15) is 37.3 Å². The van der Waals surface area contributed by atoms with Crippen LogP contribution in [-0.4, -0.2) is 12.5 Å². The maximum absolute atomic E-state index is 12.6. The average Bonchev–Trinajstić information content (AvgIpc) is 2.64. The summed E-state index contributed by atoms with van der Waals surface area (Å²) in [6.07, 6.45) is 0.615. The maximum atomic E-state index is 12.6. The molecule has 25 heavy (non-hydrogen) atoms. The Morgan fingerprint density at radius 3 is 2.40 bits per heavy atom. The van der Waals surface area contributed by atoms with Crippen molar-refractivity contribution in [2.45, 2.75) is 26.2 Å². The molecule has 0 aliphatic heterocycles. The molecule has 4 nitrogen and oxygen atoms in total. The standard InChI is InChI=1S/C21H21N3O/c1-15(2)13-19(21(25)24-12-11-22)18-10-6-9-17(20(18)14-23)16-7-4-3-5-8-16/h3-10,15,19H,12-13H2,1-2H3,(H,24,25). The Bertz CT molecular complexity index is 813. The zero-order valence-electron chi connectivity index (χ0n) is 14.5. The zero-order chi connectivity index (χ0) is 18.2. The predicted octanol–water partition coefficient (Wildman–Crippen LogP) is 3.99. The molecule has 4 heteroatoms. The molecule has 0 spiro atoms. The van der Waals surface area contributed by atoms with Crippen LogP contribution >= 0.6 is 0 Å². The van der Waals surface area contributed by atoms with Crippen LogP contribution in [0, 0.1) is 28.6 Å². The van der Waals surface area contributed by atoms with Gasteiger partial charge in [-0.05, 0) is 29.0 Å². The molecule has 2 aromatic rings. The van der Waals surface area contributed by atoms with Crippen molar-refractivity contribution in [1.82, 2.24) is 5.32 Å². The fourth-order valence-corrected chi connectivity index (χ4v) is 2.94. The summed E-state index contributed by atoms with van der Waals surface area (Å²) in [5.41, 5.74) is 3.00. The highest BCUT2D eigenvalue weighted by atomic mass is 16.1. The number of hydrogen-bond donors (Lipinski definition) is 1. The molecule has 0 fully saturated rings. The van der Waals surface area contributed by atoms with E-state index in [0.717, 1.165) is 11.1 Å². The van der Waals surface area contributed by atoms with Crippen LogP contribution in [0.5, 0.6) is 0 Å². The monoisotopic (exact) mass is 331 g/mol. The van der Waals surface area contributed by atoms with Crippen LogP contribution in [0.2, 0.25) is 0 Å². The molecule has 0 radical (unpaired) electrons. The Morgan fingerprint density at radius 2 is 1.80 bits per heavy atom. The summed E-state index contributed by atoms with van der Waals surface area (Å²) in [7, 11) is 0. The normalized spacial score (nSPS) is 11.4. The third-order valence-electron chi connectivity index (χ3n) is 4.03. The number of nitrogens with zero attached hydrogens (tertiary/aromatic N) is 2. The molecule has 1 atom stereocenters. The summed E-state index contributed by atoms with van der Waals surface area (Å²) >= 11 is 0. The molecule has 1 N–H and O–H groups in total. The van der Waals surface area contributed by atoms with Gasteiger partial charge in [0.25, 0.3) is 0 Å². The van der Waals surface area contributed by atoms with Crippen LogP contribution < -0.4 is 5.32 Å². The second-order valence-electron chi connectivity index (χ2n) is 6.31. The summed E-state index contributed by atoms with van der Waals surface area (Å²) in [4.78, 5) is 12.6. The van der Waals surface area contributed by atoms with E-state index in [-0.39, 0.29) is 18.4 Å². The van der Waals surface area contributed by atoms with Crippen molar-refractivity contribution in [2.24, 2.45) is 5.92 Å². The van der Waals surface area contributed by atoms with Gasteiger partial charge in [0.2, 0.25) is 5.91 Å². The Labute approximate surface area is 148 Å². The Morgan fingerprint density at radius 1 is 1.08 bits per heavy atom. The summed E-state index contributed by atoms with van der Waals surface area (Å²) in [6.45, 7) is 4.04. The van der Waals surface area contributed by atoms with Crippen molar-refractivity contribution < 1.29 is 4.79 Å². The van der Waals surface area contributed by atoms with Crippen molar-refractivity contribution in [3.8, 4) is 23.3 Å². The highest BCUT2D eigenvalue weighted by Crippen LogP contribution is 2.33. The van der Waals surface area contributed by atoms with Gasteiger partial charge in [0, 0.05) is 0 Å². The van der Waals surface area contributed by atoms with E-state index in [1.807, 2.05) is 68.4 Å². The van der Waals surface area contributed by atoms with Crippen molar-refractivity contribution in [3.63, 3.8) is 0 Å². The third-order valence-corrected chi connectivity index (χ3v) is 4.03. The van der Waals surface area contributed by atoms with Gasteiger partial charge in [0.1, 0.15) is 12.6 Å². The van der Waals surface area contributed by atoms with E-state index < -0.39 is 5.92 Å². The molecule has 126 valence electrons.